The van der Waals surface area contributed by atoms with Crippen molar-refractivity contribution in [1.82, 2.24) is 4.73 Å². The SMILES string of the molecule is Cc1cn(O)c2ccccc12. The van der Waals surface area contributed by atoms with Crippen LogP contribution in [0.25, 0.3) is 10.9 Å². The molecular weight excluding hydrogens is 138 g/mol. The molecule has 0 fully saturated rings. The van der Waals surface area contributed by atoms with Crippen LogP contribution in [0.5, 0.6) is 0 Å². The topological polar surface area (TPSA) is 25.2 Å². The predicted octanol–water partition coefficient (Wildman–Crippen LogP) is 2.19. The zero-order valence-corrected chi connectivity index (χ0v) is 6.28. The van der Waals surface area contributed by atoms with Gasteiger partial charge in [0.15, 0.2) is 0 Å². The summed E-state index contributed by atoms with van der Waals surface area (Å²) >= 11 is 0. The first kappa shape index (κ1) is 6.28. The van der Waals surface area contributed by atoms with E-state index < -0.39 is 0 Å². The molecule has 0 radical (unpaired) electrons. The van der Waals surface area contributed by atoms with E-state index in [9.17, 15) is 5.21 Å². The fraction of sp³-hybridized carbons (Fsp3) is 0.111. The Bertz CT molecular complexity index is 353. The number of hydrogen-bond donors (Lipinski definition) is 1. The van der Waals surface area contributed by atoms with Crippen LogP contribution in [0.1, 0.15) is 5.56 Å². The van der Waals surface area contributed by atoms with Crippen LogP contribution in [0.15, 0.2) is 30.5 Å². The number of benzene rings is 1. The van der Waals surface area contributed by atoms with Gasteiger partial charge in [-0.05, 0) is 18.6 Å². The van der Waals surface area contributed by atoms with Crippen LogP contribution < -0.4 is 0 Å². The number of rotatable bonds is 0. The third-order valence-corrected chi connectivity index (χ3v) is 1.89. The smallest absolute Gasteiger partial charge is 0.0868 e. The second kappa shape index (κ2) is 2.02. The van der Waals surface area contributed by atoms with Crippen molar-refractivity contribution >= 4 is 10.9 Å². The lowest BCUT2D eigenvalue weighted by Gasteiger charge is -1.91. The van der Waals surface area contributed by atoms with Crippen molar-refractivity contribution in [2.45, 2.75) is 6.92 Å². The molecule has 0 saturated carbocycles. The number of aromatic nitrogens is 1. The van der Waals surface area contributed by atoms with Gasteiger partial charge in [0.05, 0.1) is 5.52 Å². The van der Waals surface area contributed by atoms with E-state index in [1.807, 2.05) is 31.2 Å². The van der Waals surface area contributed by atoms with E-state index >= 15 is 0 Å². The highest BCUT2D eigenvalue weighted by atomic mass is 16.5. The van der Waals surface area contributed by atoms with Crippen LogP contribution in [0.3, 0.4) is 0 Å². The molecule has 1 aromatic carbocycles. The number of nitrogens with zero attached hydrogens (tertiary/aromatic N) is 1. The van der Waals surface area contributed by atoms with Crippen LogP contribution in [-0.2, 0) is 0 Å². The van der Waals surface area contributed by atoms with Gasteiger partial charge in [-0.2, -0.15) is 4.73 Å². The molecule has 0 atom stereocenters. The van der Waals surface area contributed by atoms with Gasteiger partial charge in [-0.1, -0.05) is 18.2 Å². The maximum Gasteiger partial charge on any atom is 0.0868 e. The zero-order chi connectivity index (χ0) is 7.84. The van der Waals surface area contributed by atoms with Crippen molar-refractivity contribution in [3.05, 3.63) is 36.0 Å². The summed E-state index contributed by atoms with van der Waals surface area (Å²) in [5, 5.41) is 10.4. The van der Waals surface area contributed by atoms with E-state index in [4.69, 9.17) is 0 Å². The first-order valence-electron chi connectivity index (χ1n) is 3.55. The average molecular weight is 147 g/mol. The van der Waals surface area contributed by atoms with Crippen LogP contribution in [0.4, 0.5) is 0 Å². The number of aryl methyl sites for hydroxylation is 1. The number of fused-ring (bicyclic) bond motifs is 1. The third kappa shape index (κ3) is 0.792. The van der Waals surface area contributed by atoms with Gasteiger partial charge >= 0.3 is 0 Å². The summed E-state index contributed by atoms with van der Waals surface area (Å²) in [7, 11) is 0. The van der Waals surface area contributed by atoms with E-state index in [1.165, 1.54) is 0 Å². The summed E-state index contributed by atoms with van der Waals surface area (Å²) in [6, 6.07) is 7.77. The lowest BCUT2D eigenvalue weighted by atomic mass is 10.2. The molecule has 1 aromatic heterocycles. The minimum atomic E-state index is 0.866. The molecule has 2 heteroatoms. The minimum Gasteiger partial charge on any atom is -0.428 e. The monoisotopic (exact) mass is 147 g/mol. The van der Waals surface area contributed by atoms with Crippen molar-refractivity contribution in [1.29, 1.82) is 0 Å². The molecule has 2 rings (SSSR count). The van der Waals surface area contributed by atoms with Crippen LogP contribution in [-0.4, -0.2) is 9.94 Å². The molecule has 1 N–H and O–H groups in total. The standard InChI is InChI=1S/C9H9NO/c1-7-6-10(11)9-5-3-2-4-8(7)9/h2-6,11H,1H3. The molecule has 0 aliphatic rings. The van der Waals surface area contributed by atoms with Crippen molar-refractivity contribution in [2.24, 2.45) is 0 Å². The fourth-order valence-corrected chi connectivity index (χ4v) is 1.33. The van der Waals surface area contributed by atoms with Gasteiger partial charge in [0.1, 0.15) is 0 Å². The summed E-state index contributed by atoms with van der Waals surface area (Å²) in [5.74, 6) is 0. The van der Waals surface area contributed by atoms with Gasteiger partial charge < -0.3 is 5.21 Å². The predicted molar refractivity (Wildman–Crippen MR) is 43.9 cm³/mol. The molecule has 2 aromatic rings. The Morgan fingerprint density at radius 2 is 2.00 bits per heavy atom. The van der Waals surface area contributed by atoms with E-state index in [2.05, 4.69) is 0 Å². The van der Waals surface area contributed by atoms with Gasteiger partial charge in [0.25, 0.3) is 0 Å². The molecule has 0 amide bonds. The minimum absolute atomic E-state index is 0.866. The Labute approximate surface area is 64.6 Å². The van der Waals surface area contributed by atoms with Gasteiger partial charge in [0, 0.05) is 11.6 Å². The van der Waals surface area contributed by atoms with E-state index in [1.54, 1.807) is 6.20 Å². The highest BCUT2D eigenvalue weighted by Crippen LogP contribution is 2.18. The third-order valence-electron chi connectivity index (χ3n) is 1.89. The Kier molecular flexibility index (Phi) is 1.15. The molecule has 0 spiro atoms. The molecule has 56 valence electrons. The van der Waals surface area contributed by atoms with Crippen LogP contribution in [0, 0.1) is 6.92 Å². The molecular formula is C9H9NO. The Morgan fingerprint density at radius 3 is 2.73 bits per heavy atom. The number of para-hydroxylation sites is 1. The van der Waals surface area contributed by atoms with Crippen LogP contribution in [0.2, 0.25) is 0 Å². The maximum absolute atomic E-state index is 9.31. The quantitative estimate of drug-likeness (QED) is 0.568. The Balaban J connectivity index is 2.95. The van der Waals surface area contributed by atoms with Crippen molar-refractivity contribution in [3.63, 3.8) is 0 Å². The van der Waals surface area contributed by atoms with E-state index in [0.717, 1.165) is 21.2 Å². The molecule has 11 heavy (non-hydrogen) atoms. The Morgan fingerprint density at radius 1 is 1.27 bits per heavy atom. The van der Waals surface area contributed by atoms with Gasteiger partial charge in [-0.25, -0.2) is 0 Å². The maximum atomic E-state index is 9.31. The summed E-state index contributed by atoms with van der Waals surface area (Å²) in [5.41, 5.74) is 1.97. The molecule has 0 aliphatic carbocycles. The largest absolute Gasteiger partial charge is 0.428 e. The molecule has 1 heterocycles. The second-order valence-electron chi connectivity index (χ2n) is 2.67. The molecule has 0 saturated heterocycles. The molecule has 0 bridgehead atoms. The summed E-state index contributed by atoms with van der Waals surface area (Å²) in [4.78, 5) is 0. The Hall–Kier alpha value is -1.44. The van der Waals surface area contributed by atoms with E-state index in [-0.39, 0.29) is 0 Å². The number of hydrogen-bond acceptors (Lipinski definition) is 1. The molecule has 2 nitrogen and oxygen atoms in total. The lowest BCUT2D eigenvalue weighted by molar-refractivity contribution is 0.200. The van der Waals surface area contributed by atoms with Gasteiger partial charge in [0.2, 0.25) is 0 Å². The zero-order valence-electron chi connectivity index (χ0n) is 6.28. The second-order valence-corrected chi connectivity index (χ2v) is 2.67. The van der Waals surface area contributed by atoms with Crippen molar-refractivity contribution in [2.75, 3.05) is 0 Å². The first-order chi connectivity index (χ1) is 5.29. The summed E-state index contributed by atoms with van der Waals surface area (Å²) < 4.78 is 1.16. The lowest BCUT2D eigenvalue weighted by Crippen LogP contribution is -1.84. The molecule has 0 unspecified atom stereocenters. The van der Waals surface area contributed by atoms with E-state index in [0.29, 0.717) is 0 Å². The summed E-state index contributed by atoms with van der Waals surface area (Å²) in [6.07, 6.45) is 1.71. The normalized spacial score (nSPS) is 10.6. The highest BCUT2D eigenvalue weighted by molar-refractivity contribution is 5.83. The van der Waals surface area contributed by atoms with Gasteiger partial charge in [-0.3, -0.25) is 0 Å². The van der Waals surface area contributed by atoms with Gasteiger partial charge in [-0.15, -0.1) is 0 Å². The molecule has 0 aliphatic heterocycles. The van der Waals surface area contributed by atoms with Crippen LogP contribution >= 0.6 is 0 Å². The first-order valence-corrected chi connectivity index (χ1v) is 3.55. The highest BCUT2D eigenvalue weighted by Gasteiger charge is 2.00. The average Bonchev–Trinajstić information content (AvgIpc) is 2.30. The van der Waals surface area contributed by atoms with Crippen molar-refractivity contribution < 1.29 is 5.21 Å². The van der Waals surface area contributed by atoms with Crippen molar-refractivity contribution in [3.8, 4) is 0 Å². The summed E-state index contributed by atoms with van der Waals surface area (Å²) in [6.45, 7) is 1.98. The fourth-order valence-electron chi connectivity index (χ4n) is 1.33.